The fraction of sp³-hybridized carbons (Fsp3) is 0.654. The Balaban J connectivity index is 1.55. The van der Waals surface area contributed by atoms with Crippen molar-refractivity contribution >= 4 is 17.6 Å². The number of aliphatic hydroxyl groups excluding tert-OH is 1. The van der Waals surface area contributed by atoms with Crippen molar-refractivity contribution in [3.63, 3.8) is 0 Å². The first-order chi connectivity index (χ1) is 15.2. The highest BCUT2D eigenvalue weighted by molar-refractivity contribution is 6.07. The second-order valence-corrected chi connectivity index (χ2v) is 10.6. The van der Waals surface area contributed by atoms with Crippen LogP contribution in [0.1, 0.15) is 64.0 Å². The predicted molar refractivity (Wildman–Crippen MR) is 130 cm³/mol. The van der Waals surface area contributed by atoms with Gasteiger partial charge in [-0.3, -0.25) is 4.99 Å². The van der Waals surface area contributed by atoms with Crippen LogP contribution in [0.15, 0.2) is 34.3 Å². The molecule has 1 aromatic rings. The third-order valence-corrected chi connectivity index (χ3v) is 7.10. The quantitative estimate of drug-likeness (QED) is 0.771. The Morgan fingerprint density at radius 2 is 1.72 bits per heavy atom. The topological polar surface area (TPSA) is 68.5 Å². The molecule has 2 saturated heterocycles. The van der Waals surface area contributed by atoms with Crippen LogP contribution in [-0.2, 0) is 6.42 Å². The monoisotopic (exact) mass is 438 g/mol. The van der Waals surface area contributed by atoms with E-state index >= 15 is 0 Å². The van der Waals surface area contributed by atoms with E-state index in [9.17, 15) is 9.90 Å². The van der Waals surface area contributed by atoms with Crippen LogP contribution < -0.4 is 0 Å². The second kappa shape index (κ2) is 9.34. The van der Waals surface area contributed by atoms with E-state index in [1.165, 1.54) is 11.1 Å². The van der Waals surface area contributed by atoms with E-state index in [-0.39, 0.29) is 23.5 Å². The lowest BCUT2D eigenvalue weighted by Crippen LogP contribution is -2.53. The number of benzene rings is 1. The summed E-state index contributed by atoms with van der Waals surface area (Å²) in [5.41, 5.74) is 3.70. The predicted octanol–water partition coefficient (Wildman–Crippen LogP) is 4.13. The van der Waals surface area contributed by atoms with Crippen LogP contribution in [0.2, 0.25) is 0 Å². The summed E-state index contributed by atoms with van der Waals surface area (Å²) in [6.07, 6.45) is 3.09. The van der Waals surface area contributed by atoms with Gasteiger partial charge in [0, 0.05) is 49.1 Å². The maximum absolute atomic E-state index is 13.4. The molecule has 3 aliphatic rings. The maximum Gasteiger partial charge on any atom is 0.320 e. The zero-order chi connectivity index (χ0) is 22.9. The van der Waals surface area contributed by atoms with E-state index in [4.69, 9.17) is 9.98 Å². The molecule has 2 unspecified atom stereocenters. The van der Waals surface area contributed by atoms with Gasteiger partial charge in [-0.2, -0.15) is 0 Å². The summed E-state index contributed by atoms with van der Waals surface area (Å²) in [5.74, 6) is 1.44. The van der Waals surface area contributed by atoms with Crippen molar-refractivity contribution in [2.24, 2.45) is 21.3 Å². The summed E-state index contributed by atoms with van der Waals surface area (Å²) < 4.78 is 0. The van der Waals surface area contributed by atoms with Crippen molar-refractivity contribution in [1.82, 2.24) is 9.80 Å². The number of aliphatic hydroxyl groups is 1. The molecule has 174 valence electrons. The summed E-state index contributed by atoms with van der Waals surface area (Å²) in [6, 6.07) is 9.00. The lowest BCUT2D eigenvalue weighted by atomic mass is 9.82. The number of likely N-dealkylation sites (tertiary alicyclic amines) is 2. The van der Waals surface area contributed by atoms with Gasteiger partial charge in [-0.1, -0.05) is 52.0 Å². The maximum atomic E-state index is 13.4. The number of aliphatic imine (C=N–C) groups is 2. The first-order valence-electron chi connectivity index (χ1n) is 12.2. The number of hydrogen-bond acceptors (Lipinski definition) is 4. The minimum atomic E-state index is -0.279. The van der Waals surface area contributed by atoms with Crippen molar-refractivity contribution in [2.45, 2.75) is 65.4 Å². The van der Waals surface area contributed by atoms with Crippen molar-refractivity contribution in [1.29, 1.82) is 0 Å². The molecular weight excluding hydrogens is 400 g/mol. The summed E-state index contributed by atoms with van der Waals surface area (Å²) in [7, 11) is 0. The van der Waals surface area contributed by atoms with Crippen LogP contribution in [0.4, 0.5) is 4.79 Å². The molecule has 2 fully saturated rings. The number of urea groups is 1. The van der Waals surface area contributed by atoms with Crippen LogP contribution in [0.5, 0.6) is 0 Å². The molecule has 3 heterocycles. The van der Waals surface area contributed by atoms with E-state index in [2.05, 4.69) is 52.0 Å². The number of rotatable bonds is 3. The van der Waals surface area contributed by atoms with Gasteiger partial charge >= 0.3 is 6.03 Å². The first-order valence-corrected chi connectivity index (χ1v) is 12.2. The number of amides is 2. The van der Waals surface area contributed by atoms with Crippen LogP contribution in [0.25, 0.3) is 0 Å². The van der Waals surface area contributed by atoms with E-state index in [1.807, 2.05) is 9.80 Å². The standard InChI is InChI=1S/C26H38N4O2/c1-5-18-6-8-19(9-7-18)20-14-21(23-15-27-24(28-23)26(2,3)4)17-30(16-20)25(32)29-12-10-22(31)11-13-29/h6-9,20-22,31H,5,10-17H2,1-4H3. The molecule has 0 radical (unpaired) electrons. The van der Waals surface area contributed by atoms with Gasteiger partial charge in [-0.25, -0.2) is 9.79 Å². The lowest BCUT2D eigenvalue weighted by Gasteiger charge is -2.41. The minimum Gasteiger partial charge on any atom is -0.393 e. The van der Waals surface area contributed by atoms with E-state index in [0.29, 0.717) is 44.9 Å². The largest absolute Gasteiger partial charge is 0.393 e. The van der Waals surface area contributed by atoms with Crippen LogP contribution in [-0.4, -0.2) is 71.3 Å². The smallest absolute Gasteiger partial charge is 0.320 e. The highest BCUT2D eigenvalue weighted by atomic mass is 16.3. The number of piperidine rings is 2. The van der Waals surface area contributed by atoms with Crippen molar-refractivity contribution in [3.05, 3.63) is 35.4 Å². The van der Waals surface area contributed by atoms with Crippen molar-refractivity contribution < 1.29 is 9.90 Å². The number of aryl methyl sites for hydroxylation is 1. The number of carbonyl (C=O) groups excluding carboxylic acids is 1. The molecule has 1 aromatic carbocycles. The van der Waals surface area contributed by atoms with Gasteiger partial charge in [0.15, 0.2) is 0 Å². The number of nitrogens with zero attached hydrogens (tertiary/aromatic N) is 4. The van der Waals surface area contributed by atoms with E-state index in [0.717, 1.165) is 30.9 Å². The first kappa shape index (κ1) is 23.0. The zero-order valence-corrected chi connectivity index (χ0v) is 20.0. The van der Waals surface area contributed by atoms with Gasteiger partial charge in [0.1, 0.15) is 5.84 Å². The fourth-order valence-electron chi connectivity index (χ4n) is 5.01. The second-order valence-electron chi connectivity index (χ2n) is 10.6. The minimum absolute atomic E-state index is 0.0596. The molecule has 0 bridgehead atoms. The molecule has 1 N–H and O–H groups in total. The van der Waals surface area contributed by atoms with Gasteiger partial charge in [0.2, 0.25) is 0 Å². The summed E-state index contributed by atoms with van der Waals surface area (Å²) >= 11 is 0. The zero-order valence-electron chi connectivity index (χ0n) is 20.0. The van der Waals surface area contributed by atoms with Gasteiger partial charge in [0.25, 0.3) is 0 Å². The third kappa shape index (κ3) is 5.06. The Kier molecular flexibility index (Phi) is 6.70. The molecule has 2 atom stereocenters. The number of amidine groups is 1. The average Bonchev–Trinajstić information content (AvgIpc) is 3.30. The Morgan fingerprint density at radius 1 is 1.06 bits per heavy atom. The number of carbonyl (C=O) groups is 1. The summed E-state index contributed by atoms with van der Waals surface area (Å²) in [4.78, 5) is 27.0. The molecular formula is C26H38N4O2. The SMILES string of the molecule is CCc1ccc(C2CC(C3=NC(C(C)(C)C)=NC3)CN(C(=O)N3CCC(O)CC3)C2)cc1. The van der Waals surface area contributed by atoms with Crippen LogP contribution >= 0.6 is 0 Å². The highest BCUT2D eigenvalue weighted by Gasteiger charge is 2.37. The molecule has 2 amide bonds. The number of hydrogen-bond donors (Lipinski definition) is 1. The Morgan fingerprint density at radius 3 is 2.31 bits per heavy atom. The molecule has 6 heteroatoms. The molecule has 0 spiro atoms. The summed E-state index contributed by atoms with van der Waals surface area (Å²) in [6.45, 7) is 12.0. The molecule has 0 aliphatic carbocycles. The summed E-state index contributed by atoms with van der Waals surface area (Å²) in [5, 5.41) is 9.85. The molecule has 0 aromatic heterocycles. The van der Waals surface area contributed by atoms with Gasteiger partial charge in [-0.15, -0.1) is 0 Å². The van der Waals surface area contributed by atoms with Gasteiger partial charge in [0.05, 0.1) is 12.6 Å². The normalized spacial score (nSPS) is 25.0. The lowest BCUT2D eigenvalue weighted by molar-refractivity contribution is 0.0752. The Bertz CT molecular complexity index is 876. The molecule has 4 rings (SSSR count). The van der Waals surface area contributed by atoms with E-state index < -0.39 is 0 Å². The fourth-order valence-corrected chi connectivity index (χ4v) is 5.01. The van der Waals surface area contributed by atoms with E-state index in [1.54, 1.807) is 0 Å². The molecule has 3 aliphatic heterocycles. The van der Waals surface area contributed by atoms with Crippen molar-refractivity contribution in [3.8, 4) is 0 Å². The average molecular weight is 439 g/mol. The molecule has 0 saturated carbocycles. The molecule has 32 heavy (non-hydrogen) atoms. The van der Waals surface area contributed by atoms with Crippen LogP contribution in [0, 0.1) is 11.3 Å². The van der Waals surface area contributed by atoms with Crippen LogP contribution in [0.3, 0.4) is 0 Å². The van der Waals surface area contributed by atoms with Gasteiger partial charge < -0.3 is 14.9 Å². The van der Waals surface area contributed by atoms with Gasteiger partial charge in [-0.05, 0) is 36.8 Å². The molecule has 6 nitrogen and oxygen atoms in total. The third-order valence-electron chi connectivity index (χ3n) is 7.10. The highest BCUT2D eigenvalue weighted by Crippen LogP contribution is 2.34. The Hall–Kier alpha value is -2.21. The Labute approximate surface area is 192 Å². The van der Waals surface area contributed by atoms with Crippen molar-refractivity contribution in [2.75, 3.05) is 32.7 Å².